The van der Waals surface area contributed by atoms with Crippen molar-refractivity contribution in [2.45, 2.75) is 58.7 Å². The van der Waals surface area contributed by atoms with E-state index in [4.69, 9.17) is 10.3 Å². The highest BCUT2D eigenvalue weighted by molar-refractivity contribution is 4.99. The Balaban J connectivity index is 1.99. The second-order valence-corrected chi connectivity index (χ2v) is 6.20. The topological polar surface area (TPSA) is 68.2 Å². The highest BCUT2D eigenvalue weighted by atomic mass is 16.5. The molecule has 0 spiro atoms. The maximum Gasteiger partial charge on any atom is 0.240 e. The van der Waals surface area contributed by atoms with Crippen LogP contribution in [0.4, 0.5) is 0 Å². The summed E-state index contributed by atoms with van der Waals surface area (Å²) in [5.74, 6) is 2.10. The molecule has 0 saturated heterocycles. The zero-order valence-corrected chi connectivity index (χ0v) is 11.8. The molecule has 0 aromatic carbocycles. The molecule has 18 heavy (non-hydrogen) atoms. The molecule has 1 saturated carbocycles. The molecule has 5 nitrogen and oxygen atoms in total. The van der Waals surface area contributed by atoms with Crippen LogP contribution in [-0.4, -0.2) is 27.6 Å². The van der Waals surface area contributed by atoms with E-state index in [0.717, 1.165) is 19.0 Å². The Kier molecular flexibility index (Phi) is 3.73. The number of nitrogens with two attached hydrogens (primary N) is 1. The molecule has 0 aliphatic heterocycles. The Bertz CT molecular complexity index is 390. The fourth-order valence-electron chi connectivity index (χ4n) is 1.84. The lowest BCUT2D eigenvalue weighted by Gasteiger charge is -2.24. The van der Waals surface area contributed by atoms with Crippen LogP contribution in [0.5, 0.6) is 0 Å². The first-order valence-corrected chi connectivity index (χ1v) is 6.72. The first-order valence-electron chi connectivity index (χ1n) is 6.72. The lowest BCUT2D eigenvalue weighted by Crippen LogP contribution is -2.33. The Hall–Kier alpha value is -0.940. The average Bonchev–Trinajstić information content (AvgIpc) is 2.91. The molecule has 1 aromatic rings. The highest BCUT2D eigenvalue weighted by Crippen LogP contribution is 2.30. The van der Waals surface area contributed by atoms with Gasteiger partial charge in [0.25, 0.3) is 0 Å². The summed E-state index contributed by atoms with van der Waals surface area (Å²) in [6.07, 6.45) is 2.71. The zero-order chi connectivity index (χ0) is 13.3. The van der Waals surface area contributed by atoms with Crippen molar-refractivity contribution >= 4 is 0 Å². The summed E-state index contributed by atoms with van der Waals surface area (Å²) in [5.41, 5.74) is 5.41. The number of aromatic nitrogens is 2. The Morgan fingerprint density at radius 3 is 2.56 bits per heavy atom. The van der Waals surface area contributed by atoms with Crippen LogP contribution in [0.15, 0.2) is 4.52 Å². The molecule has 0 bridgehead atoms. The van der Waals surface area contributed by atoms with E-state index in [1.54, 1.807) is 0 Å². The Labute approximate surface area is 109 Å². The summed E-state index contributed by atoms with van der Waals surface area (Å²) in [6, 6.07) is 0.492. The SMILES string of the molecule is CC(C)N(Cc1nc(C(C)(C)N)no1)CC1CC1. The van der Waals surface area contributed by atoms with Crippen LogP contribution < -0.4 is 5.73 Å². The summed E-state index contributed by atoms with van der Waals surface area (Å²) >= 11 is 0. The molecular weight excluding hydrogens is 228 g/mol. The molecule has 0 radical (unpaired) electrons. The van der Waals surface area contributed by atoms with E-state index in [-0.39, 0.29) is 0 Å². The van der Waals surface area contributed by atoms with Crippen LogP contribution in [0.1, 0.15) is 52.3 Å². The normalized spacial score (nSPS) is 16.8. The maximum atomic E-state index is 5.95. The smallest absolute Gasteiger partial charge is 0.240 e. The lowest BCUT2D eigenvalue weighted by molar-refractivity contribution is 0.177. The monoisotopic (exact) mass is 252 g/mol. The molecule has 1 heterocycles. The molecule has 1 aliphatic carbocycles. The fraction of sp³-hybridized carbons (Fsp3) is 0.846. The molecule has 1 fully saturated rings. The van der Waals surface area contributed by atoms with E-state index in [1.807, 2.05) is 13.8 Å². The van der Waals surface area contributed by atoms with Gasteiger partial charge in [-0.15, -0.1) is 0 Å². The second-order valence-electron chi connectivity index (χ2n) is 6.20. The van der Waals surface area contributed by atoms with Crippen LogP contribution in [0, 0.1) is 5.92 Å². The average molecular weight is 252 g/mol. The van der Waals surface area contributed by atoms with Gasteiger partial charge in [0.15, 0.2) is 5.82 Å². The van der Waals surface area contributed by atoms with Crippen LogP contribution in [-0.2, 0) is 12.1 Å². The molecular formula is C13H24N4O. The summed E-state index contributed by atoms with van der Waals surface area (Å²) < 4.78 is 5.29. The van der Waals surface area contributed by atoms with Crippen LogP contribution >= 0.6 is 0 Å². The summed E-state index contributed by atoms with van der Waals surface area (Å²) in [7, 11) is 0. The van der Waals surface area contributed by atoms with E-state index < -0.39 is 5.54 Å². The number of rotatable bonds is 6. The van der Waals surface area contributed by atoms with Gasteiger partial charge in [-0.05, 0) is 46.5 Å². The van der Waals surface area contributed by atoms with Crippen LogP contribution in [0.2, 0.25) is 0 Å². The lowest BCUT2D eigenvalue weighted by atomic mass is 10.1. The van der Waals surface area contributed by atoms with E-state index in [2.05, 4.69) is 28.9 Å². The summed E-state index contributed by atoms with van der Waals surface area (Å²) in [4.78, 5) is 6.77. The molecule has 1 aliphatic rings. The van der Waals surface area contributed by atoms with Gasteiger partial charge in [0.05, 0.1) is 12.1 Å². The zero-order valence-electron chi connectivity index (χ0n) is 11.8. The minimum absolute atomic E-state index is 0.492. The molecule has 102 valence electrons. The fourth-order valence-corrected chi connectivity index (χ4v) is 1.84. The van der Waals surface area contributed by atoms with Gasteiger partial charge in [-0.2, -0.15) is 4.98 Å². The Morgan fingerprint density at radius 2 is 2.11 bits per heavy atom. The van der Waals surface area contributed by atoms with Crippen LogP contribution in [0.25, 0.3) is 0 Å². The molecule has 1 aromatic heterocycles. The van der Waals surface area contributed by atoms with Gasteiger partial charge >= 0.3 is 0 Å². The van der Waals surface area contributed by atoms with Gasteiger partial charge in [0.2, 0.25) is 5.89 Å². The third-order valence-corrected chi connectivity index (χ3v) is 3.30. The summed E-state index contributed by atoms with van der Waals surface area (Å²) in [6.45, 7) is 10.0. The van der Waals surface area contributed by atoms with Crippen molar-refractivity contribution in [2.24, 2.45) is 11.7 Å². The van der Waals surface area contributed by atoms with Gasteiger partial charge in [0, 0.05) is 12.6 Å². The van der Waals surface area contributed by atoms with Crippen molar-refractivity contribution in [1.82, 2.24) is 15.0 Å². The predicted molar refractivity (Wildman–Crippen MR) is 69.8 cm³/mol. The van der Waals surface area contributed by atoms with Crippen molar-refractivity contribution in [1.29, 1.82) is 0 Å². The second kappa shape index (κ2) is 4.97. The Morgan fingerprint density at radius 1 is 1.44 bits per heavy atom. The maximum absolute atomic E-state index is 5.95. The molecule has 0 amide bonds. The van der Waals surface area contributed by atoms with Crippen molar-refractivity contribution in [3.05, 3.63) is 11.7 Å². The molecule has 2 rings (SSSR count). The van der Waals surface area contributed by atoms with Crippen molar-refractivity contribution in [3.8, 4) is 0 Å². The standard InChI is InChI=1S/C13H24N4O/c1-9(2)17(7-10-5-6-10)8-11-15-12(16-18-11)13(3,4)14/h9-10H,5-8,14H2,1-4H3. The van der Waals surface area contributed by atoms with Crippen molar-refractivity contribution in [2.75, 3.05) is 6.54 Å². The molecule has 0 atom stereocenters. The summed E-state index contributed by atoms with van der Waals surface area (Å²) in [5, 5.41) is 3.96. The van der Waals surface area contributed by atoms with Crippen LogP contribution in [0.3, 0.4) is 0 Å². The largest absolute Gasteiger partial charge is 0.338 e. The van der Waals surface area contributed by atoms with Gasteiger partial charge in [-0.25, -0.2) is 0 Å². The quantitative estimate of drug-likeness (QED) is 0.837. The van der Waals surface area contributed by atoms with Gasteiger partial charge in [-0.1, -0.05) is 5.16 Å². The van der Waals surface area contributed by atoms with Gasteiger partial charge in [0.1, 0.15) is 0 Å². The predicted octanol–water partition coefficient (Wildman–Crippen LogP) is 1.88. The number of hydrogen-bond donors (Lipinski definition) is 1. The minimum Gasteiger partial charge on any atom is -0.338 e. The third-order valence-electron chi connectivity index (χ3n) is 3.30. The molecule has 2 N–H and O–H groups in total. The van der Waals surface area contributed by atoms with E-state index in [9.17, 15) is 0 Å². The first kappa shape index (κ1) is 13.5. The van der Waals surface area contributed by atoms with Crippen molar-refractivity contribution in [3.63, 3.8) is 0 Å². The minimum atomic E-state index is -0.541. The number of nitrogens with zero attached hydrogens (tertiary/aromatic N) is 3. The van der Waals surface area contributed by atoms with E-state index in [0.29, 0.717) is 17.8 Å². The van der Waals surface area contributed by atoms with Gasteiger partial charge in [-0.3, -0.25) is 4.90 Å². The third kappa shape index (κ3) is 3.53. The van der Waals surface area contributed by atoms with Crippen molar-refractivity contribution < 1.29 is 4.52 Å². The van der Waals surface area contributed by atoms with Gasteiger partial charge < -0.3 is 10.3 Å². The first-order chi connectivity index (χ1) is 8.36. The van der Waals surface area contributed by atoms with E-state index in [1.165, 1.54) is 12.8 Å². The van der Waals surface area contributed by atoms with E-state index >= 15 is 0 Å². The number of hydrogen-bond acceptors (Lipinski definition) is 5. The molecule has 5 heteroatoms. The molecule has 0 unspecified atom stereocenters. The highest BCUT2D eigenvalue weighted by Gasteiger charge is 2.27.